The predicted octanol–water partition coefficient (Wildman–Crippen LogP) is 7.12. The number of carbonyl (C=O) groups is 1. The van der Waals surface area contributed by atoms with Crippen LogP contribution in [0.25, 0.3) is 0 Å². The number of nitrogens with zero attached hydrogens (tertiary/aromatic N) is 1. The lowest BCUT2D eigenvalue weighted by molar-refractivity contribution is -0.445. The van der Waals surface area contributed by atoms with Crippen molar-refractivity contribution in [1.82, 2.24) is 0 Å². The molecule has 218 valence electrons. The molecular weight excluding hydrogens is 608 g/mol. The van der Waals surface area contributed by atoms with Crippen LogP contribution in [0.1, 0.15) is 5.56 Å². The number of anilines is 1. The molecule has 0 saturated heterocycles. The minimum Gasteiger partial charge on any atom is -0.320 e. The smallest absolute Gasteiger partial charge is 0.320 e. The van der Waals surface area contributed by atoms with Gasteiger partial charge in [0.15, 0.2) is 0 Å². The van der Waals surface area contributed by atoms with Gasteiger partial charge in [0, 0.05) is 12.1 Å². The number of carbonyl (C=O) groups excluding carboxylic acids is 1. The summed E-state index contributed by atoms with van der Waals surface area (Å²) in [5.41, 5.74) is -2.79. The summed E-state index contributed by atoms with van der Waals surface area (Å²) >= 11 is 3.41. The fraction of sp³-hybridized carbons (Fsp3) is 0.562. The number of nitro benzene ring substituents is 1. The molecule has 0 aromatic heterocycles. The Kier molecular flexibility index (Phi) is 8.04. The molecule has 0 saturated carbocycles. The van der Waals surface area contributed by atoms with Gasteiger partial charge in [0.2, 0.25) is 0 Å². The van der Waals surface area contributed by atoms with Crippen LogP contribution in [0, 0.1) is 17.0 Å². The van der Waals surface area contributed by atoms with Crippen LogP contribution < -0.4 is 5.32 Å². The third-order valence-electron chi connectivity index (χ3n) is 4.69. The highest BCUT2D eigenvalue weighted by molar-refractivity contribution is 6.22. The fourth-order valence-corrected chi connectivity index (χ4v) is 2.48. The number of hydrogen-bond donors (Lipinski definition) is 1. The largest absolute Gasteiger partial charge is 0.393 e. The van der Waals surface area contributed by atoms with Gasteiger partial charge >= 0.3 is 52.7 Å². The van der Waals surface area contributed by atoms with E-state index in [4.69, 9.17) is 0 Å². The van der Waals surface area contributed by atoms with E-state index in [1.807, 2.05) is 0 Å². The molecule has 0 aliphatic heterocycles. The van der Waals surface area contributed by atoms with E-state index < -0.39 is 74.6 Å². The number of hydrogen-bond acceptors (Lipinski definition) is 3. The normalized spacial score (nSPS) is 14.9. The van der Waals surface area contributed by atoms with Crippen molar-refractivity contribution in [2.75, 3.05) is 5.32 Å². The molecule has 0 fully saturated rings. The zero-order valence-corrected chi connectivity index (χ0v) is 18.1. The zero-order chi connectivity index (χ0) is 30.7. The highest BCUT2D eigenvalue weighted by atomic mass is 35.5. The van der Waals surface area contributed by atoms with E-state index in [2.05, 4.69) is 11.6 Å². The van der Waals surface area contributed by atoms with Crippen LogP contribution in [0.4, 0.5) is 81.6 Å². The molecule has 1 amide bonds. The van der Waals surface area contributed by atoms with Crippen LogP contribution in [0.2, 0.25) is 0 Å². The summed E-state index contributed by atoms with van der Waals surface area (Å²) in [4.78, 5) is 21.0. The second-order valence-electron chi connectivity index (χ2n) is 7.23. The van der Waals surface area contributed by atoms with Crippen molar-refractivity contribution in [3.63, 3.8) is 0 Å². The maximum atomic E-state index is 14.0. The summed E-state index contributed by atoms with van der Waals surface area (Å²) in [6.07, 6.45) is 0. The van der Waals surface area contributed by atoms with Gasteiger partial charge < -0.3 is 5.32 Å². The van der Waals surface area contributed by atoms with Crippen LogP contribution in [0.5, 0.6) is 0 Å². The van der Waals surface area contributed by atoms with E-state index in [1.165, 1.54) is 0 Å². The van der Waals surface area contributed by atoms with E-state index in [9.17, 15) is 85.2 Å². The van der Waals surface area contributed by atoms with Crippen molar-refractivity contribution in [1.29, 1.82) is 0 Å². The molecule has 1 rings (SSSR count). The number of benzene rings is 1. The summed E-state index contributed by atoms with van der Waals surface area (Å²) in [6, 6.07) is 1.44. The van der Waals surface area contributed by atoms with Crippen molar-refractivity contribution >= 4 is 28.9 Å². The van der Waals surface area contributed by atoms with Gasteiger partial charge in [0.05, 0.1) is 10.6 Å². The minimum atomic E-state index is -8.72. The Bertz CT molecular complexity index is 1100. The topological polar surface area (TPSA) is 72.2 Å². The third-order valence-corrected chi connectivity index (χ3v) is 4.92. The van der Waals surface area contributed by atoms with Gasteiger partial charge in [-0.3, -0.25) is 14.9 Å². The van der Waals surface area contributed by atoms with E-state index in [-0.39, 0.29) is 6.07 Å². The quantitative estimate of drug-likeness (QED) is 0.132. The number of aryl methyl sites for hydroxylation is 1. The second kappa shape index (κ2) is 9.18. The number of nitro groups is 1. The number of nitrogens with one attached hydrogen (secondary N) is 1. The van der Waals surface area contributed by atoms with Crippen molar-refractivity contribution in [2.45, 2.75) is 53.8 Å². The first-order chi connectivity index (χ1) is 16.5. The molecule has 0 heterocycles. The van der Waals surface area contributed by atoms with Crippen molar-refractivity contribution in [2.24, 2.45) is 0 Å². The number of amides is 1. The Hall–Kier alpha value is -2.74. The first kappa shape index (κ1) is 33.3. The predicted molar refractivity (Wildman–Crippen MR) is 91.9 cm³/mol. The summed E-state index contributed by atoms with van der Waals surface area (Å²) in [5, 5.41) is 4.41. The SMILES string of the molecule is Cc1ccc([N+](=O)[O-])cc1NC(=O)C(F)(F)C(F)(F)C(F)(F)C(F)(F)C(F)(F)C(F)(F)C(F)(F)C(F)(F)Cl. The monoisotopic (exact) mass is 614 g/mol. The van der Waals surface area contributed by atoms with Gasteiger partial charge in [-0.25, -0.2) is 0 Å². The Labute approximate surface area is 202 Å². The summed E-state index contributed by atoms with van der Waals surface area (Å²) < 4.78 is 215. The molecule has 1 aromatic carbocycles. The van der Waals surface area contributed by atoms with Gasteiger partial charge in [-0.05, 0) is 24.1 Å². The number of alkyl halides is 17. The molecule has 0 spiro atoms. The van der Waals surface area contributed by atoms with Crippen LogP contribution in [-0.4, -0.2) is 57.7 Å². The zero-order valence-electron chi connectivity index (χ0n) is 17.3. The molecule has 0 unspecified atom stereocenters. The summed E-state index contributed by atoms with van der Waals surface area (Å²) in [5.74, 6) is -61.4. The lowest BCUT2D eigenvalue weighted by Crippen LogP contribution is -2.75. The van der Waals surface area contributed by atoms with Gasteiger partial charge in [-0.15, -0.1) is 0 Å². The molecule has 22 heteroatoms. The first-order valence-corrected chi connectivity index (χ1v) is 9.12. The van der Waals surface area contributed by atoms with Gasteiger partial charge in [0.25, 0.3) is 5.69 Å². The molecule has 38 heavy (non-hydrogen) atoms. The second-order valence-corrected chi connectivity index (χ2v) is 7.70. The molecule has 0 atom stereocenters. The standard InChI is InChI=1S/C16H7ClF16N2O3/c1-5-2-3-6(35(37)38)4-7(5)34-8(36)9(18,19)10(20,21)11(22,23)12(24,25)13(26,27)14(28,29)15(30,31)16(17,32)33/h2-4H,1H3,(H,34,36). The third kappa shape index (κ3) is 4.55. The molecule has 1 aromatic rings. The van der Waals surface area contributed by atoms with Crippen LogP contribution in [-0.2, 0) is 4.79 Å². The van der Waals surface area contributed by atoms with Gasteiger partial charge in [-0.2, -0.15) is 70.2 Å². The number of halogens is 17. The summed E-state index contributed by atoms with van der Waals surface area (Å²) in [7, 11) is 0. The molecule has 5 nitrogen and oxygen atoms in total. The molecule has 0 aliphatic rings. The Morgan fingerprint density at radius 3 is 1.47 bits per heavy atom. The molecule has 0 radical (unpaired) electrons. The summed E-state index contributed by atoms with van der Waals surface area (Å²) in [6.45, 7) is 0.827. The highest BCUT2D eigenvalue weighted by Crippen LogP contribution is 2.64. The fourth-order valence-electron chi connectivity index (χ4n) is 2.37. The van der Waals surface area contributed by atoms with E-state index >= 15 is 0 Å². The minimum absolute atomic E-state index is 0.150. The molecular formula is C16H7ClF16N2O3. The average Bonchev–Trinajstić information content (AvgIpc) is 2.73. The Morgan fingerprint density at radius 2 is 1.11 bits per heavy atom. The van der Waals surface area contributed by atoms with E-state index in [0.717, 1.165) is 6.92 Å². The Balaban J connectivity index is 3.63. The highest BCUT2D eigenvalue weighted by Gasteiger charge is 2.95. The van der Waals surface area contributed by atoms with Gasteiger partial charge in [-0.1, -0.05) is 6.07 Å². The van der Waals surface area contributed by atoms with Crippen LogP contribution in [0.3, 0.4) is 0 Å². The van der Waals surface area contributed by atoms with Crippen molar-refractivity contribution in [3.8, 4) is 0 Å². The lowest BCUT2D eigenvalue weighted by atomic mass is 9.89. The first-order valence-electron chi connectivity index (χ1n) is 8.74. The molecule has 1 N–H and O–H groups in total. The van der Waals surface area contributed by atoms with Crippen LogP contribution in [0.15, 0.2) is 18.2 Å². The van der Waals surface area contributed by atoms with E-state index in [1.54, 1.807) is 0 Å². The van der Waals surface area contributed by atoms with E-state index in [0.29, 0.717) is 17.4 Å². The average molecular weight is 615 g/mol. The molecule has 0 aliphatic carbocycles. The lowest BCUT2D eigenvalue weighted by Gasteiger charge is -2.42. The van der Waals surface area contributed by atoms with Crippen molar-refractivity contribution in [3.05, 3.63) is 33.9 Å². The van der Waals surface area contributed by atoms with Gasteiger partial charge in [0.1, 0.15) is 0 Å². The maximum Gasteiger partial charge on any atom is 0.393 e. The number of rotatable bonds is 10. The van der Waals surface area contributed by atoms with Crippen molar-refractivity contribution < 1.29 is 80.0 Å². The maximum absolute atomic E-state index is 14.0. The van der Waals surface area contributed by atoms with Crippen LogP contribution >= 0.6 is 11.6 Å². The molecule has 0 bridgehead atoms. The number of non-ortho nitro benzene ring substituents is 1. The Morgan fingerprint density at radius 1 is 0.737 bits per heavy atom.